The van der Waals surface area contributed by atoms with E-state index in [4.69, 9.17) is 14.6 Å². The van der Waals surface area contributed by atoms with E-state index in [1.54, 1.807) is 24.1 Å². The second-order valence-corrected chi connectivity index (χ2v) is 4.84. The molecule has 7 nitrogen and oxygen atoms in total. The molecule has 0 aliphatic carbocycles. The molecule has 0 radical (unpaired) electrons. The van der Waals surface area contributed by atoms with Crippen LogP contribution in [0.5, 0.6) is 11.5 Å². The van der Waals surface area contributed by atoms with E-state index in [0.717, 1.165) is 0 Å². The average Bonchev–Trinajstić information content (AvgIpc) is 2.49. The molecule has 0 aliphatic heterocycles. The van der Waals surface area contributed by atoms with Gasteiger partial charge in [-0.25, -0.2) is 0 Å². The van der Waals surface area contributed by atoms with E-state index < -0.39 is 5.97 Å². The molecule has 0 bridgehead atoms. The van der Waals surface area contributed by atoms with Crippen LogP contribution in [-0.2, 0) is 4.79 Å². The van der Waals surface area contributed by atoms with E-state index in [9.17, 15) is 9.59 Å². The number of rotatable bonds is 8. The van der Waals surface area contributed by atoms with Gasteiger partial charge in [-0.3, -0.25) is 9.59 Å². The number of hydrogen-bond acceptors (Lipinski definition) is 5. The normalized spacial score (nSPS) is 10.0. The Morgan fingerprint density at radius 2 is 1.95 bits per heavy atom. The Balaban J connectivity index is 3.03. The van der Waals surface area contributed by atoms with Gasteiger partial charge >= 0.3 is 5.97 Å². The number of nitrogens with zero attached hydrogens (tertiary/aromatic N) is 1. The minimum absolute atomic E-state index is 0.0409. The topological polar surface area (TPSA) is 88.1 Å². The molecule has 1 amide bonds. The highest BCUT2D eigenvalue weighted by Gasteiger charge is 2.17. The molecule has 1 rings (SSSR count). The molecule has 0 spiro atoms. The molecule has 122 valence electrons. The molecule has 0 unspecified atom stereocenters. The highest BCUT2D eigenvalue weighted by molar-refractivity contribution is 6.00. The molecule has 0 saturated carbocycles. The van der Waals surface area contributed by atoms with Crippen molar-refractivity contribution >= 4 is 17.6 Å². The van der Waals surface area contributed by atoms with Crippen molar-refractivity contribution in [1.29, 1.82) is 0 Å². The number of hydrogen-bond donors (Lipinski definition) is 2. The molecule has 22 heavy (non-hydrogen) atoms. The van der Waals surface area contributed by atoms with Gasteiger partial charge in [0.2, 0.25) is 0 Å². The quantitative estimate of drug-likeness (QED) is 0.705. The molecule has 2 N–H and O–H groups in total. The van der Waals surface area contributed by atoms with Crippen LogP contribution in [0.4, 0.5) is 5.69 Å². The second-order valence-electron chi connectivity index (χ2n) is 4.84. The number of methoxy groups -OCH3 is 1. The number of nitrogens with one attached hydrogen (secondary N) is 1. The van der Waals surface area contributed by atoms with Crippen molar-refractivity contribution in [2.24, 2.45) is 0 Å². The minimum Gasteiger partial charge on any atom is -0.493 e. The van der Waals surface area contributed by atoms with Crippen molar-refractivity contribution in [3.05, 3.63) is 17.7 Å². The molecular formula is C15H22N2O5. The number of anilines is 1. The zero-order valence-corrected chi connectivity index (χ0v) is 13.3. The summed E-state index contributed by atoms with van der Waals surface area (Å²) in [5, 5.41) is 11.2. The van der Waals surface area contributed by atoms with E-state index in [1.165, 1.54) is 7.11 Å². The molecule has 0 atom stereocenters. The number of carbonyl (C=O) groups excluding carboxylic acids is 1. The lowest BCUT2D eigenvalue weighted by molar-refractivity contribution is -0.137. The highest BCUT2D eigenvalue weighted by atomic mass is 16.5. The maximum absolute atomic E-state index is 12.0. The van der Waals surface area contributed by atoms with Crippen LogP contribution < -0.4 is 19.7 Å². The molecule has 0 heterocycles. The van der Waals surface area contributed by atoms with Gasteiger partial charge in [0.1, 0.15) is 0 Å². The number of benzene rings is 1. The molecule has 0 fully saturated rings. The first kappa shape index (κ1) is 17.6. The van der Waals surface area contributed by atoms with Gasteiger partial charge in [0.15, 0.2) is 11.5 Å². The van der Waals surface area contributed by atoms with Crippen LogP contribution in [0.2, 0.25) is 0 Å². The number of ether oxygens (including phenoxy) is 2. The van der Waals surface area contributed by atoms with Gasteiger partial charge in [0.05, 0.1) is 25.0 Å². The summed E-state index contributed by atoms with van der Waals surface area (Å²) in [6.07, 6.45) is 0.437. The van der Waals surface area contributed by atoms with Crippen molar-refractivity contribution in [1.82, 2.24) is 5.32 Å². The molecule has 0 aliphatic rings. The van der Waals surface area contributed by atoms with Crippen molar-refractivity contribution in [2.75, 3.05) is 39.8 Å². The summed E-state index contributed by atoms with van der Waals surface area (Å²) in [7, 11) is 6.69. The van der Waals surface area contributed by atoms with Gasteiger partial charge in [-0.2, -0.15) is 0 Å². The van der Waals surface area contributed by atoms with Crippen molar-refractivity contribution < 1.29 is 24.2 Å². The van der Waals surface area contributed by atoms with E-state index in [-0.39, 0.29) is 18.9 Å². The average molecular weight is 310 g/mol. The highest BCUT2D eigenvalue weighted by Crippen LogP contribution is 2.34. The Morgan fingerprint density at radius 1 is 1.27 bits per heavy atom. The monoisotopic (exact) mass is 310 g/mol. The van der Waals surface area contributed by atoms with Gasteiger partial charge in [-0.1, -0.05) is 0 Å². The summed E-state index contributed by atoms with van der Waals surface area (Å²) in [4.78, 5) is 24.3. The zero-order chi connectivity index (χ0) is 16.7. The van der Waals surface area contributed by atoms with E-state index >= 15 is 0 Å². The van der Waals surface area contributed by atoms with E-state index in [1.807, 2.05) is 14.1 Å². The van der Waals surface area contributed by atoms with Crippen LogP contribution in [0.25, 0.3) is 0 Å². The van der Waals surface area contributed by atoms with Crippen LogP contribution in [0, 0.1) is 0 Å². The number of carboxylic acids is 1. The zero-order valence-electron chi connectivity index (χ0n) is 13.3. The van der Waals surface area contributed by atoms with Crippen LogP contribution in [0.15, 0.2) is 12.1 Å². The lowest BCUT2D eigenvalue weighted by Crippen LogP contribution is -2.22. The summed E-state index contributed by atoms with van der Waals surface area (Å²) in [6, 6.07) is 3.32. The molecule has 0 aromatic heterocycles. The summed E-state index contributed by atoms with van der Waals surface area (Å²) >= 11 is 0. The predicted molar refractivity (Wildman–Crippen MR) is 83.1 cm³/mol. The van der Waals surface area contributed by atoms with Crippen molar-refractivity contribution in [3.8, 4) is 11.5 Å². The smallest absolute Gasteiger partial charge is 0.303 e. The Labute approximate surface area is 129 Å². The lowest BCUT2D eigenvalue weighted by atomic mass is 10.1. The van der Waals surface area contributed by atoms with Crippen LogP contribution >= 0.6 is 0 Å². The maximum atomic E-state index is 12.0. The molecule has 0 saturated heterocycles. The van der Waals surface area contributed by atoms with Gasteiger partial charge in [-0.05, 0) is 12.5 Å². The molecular weight excluding hydrogens is 288 g/mol. The van der Waals surface area contributed by atoms with Gasteiger partial charge in [0, 0.05) is 33.6 Å². The minimum atomic E-state index is -0.862. The fraction of sp³-hybridized carbons (Fsp3) is 0.467. The first-order chi connectivity index (χ1) is 10.4. The van der Waals surface area contributed by atoms with E-state index in [2.05, 4.69) is 5.32 Å². The molecule has 1 aromatic carbocycles. The van der Waals surface area contributed by atoms with Crippen molar-refractivity contribution in [3.63, 3.8) is 0 Å². The fourth-order valence-corrected chi connectivity index (χ4v) is 1.91. The Bertz CT molecular complexity index is 543. The number of aliphatic carboxylic acids is 1. The Kier molecular flexibility index (Phi) is 6.49. The lowest BCUT2D eigenvalue weighted by Gasteiger charge is -2.20. The Hall–Kier alpha value is -2.44. The predicted octanol–water partition coefficient (Wildman–Crippen LogP) is 1.36. The third-order valence-corrected chi connectivity index (χ3v) is 3.03. The summed E-state index contributed by atoms with van der Waals surface area (Å²) in [5.41, 5.74) is 1.16. The first-order valence-electron chi connectivity index (χ1n) is 6.86. The molecule has 7 heteroatoms. The van der Waals surface area contributed by atoms with Crippen LogP contribution in [0.3, 0.4) is 0 Å². The van der Waals surface area contributed by atoms with Gasteiger partial charge in [-0.15, -0.1) is 0 Å². The van der Waals surface area contributed by atoms with E-state index in [0.29, 0.717) is 29.2 Å². The maximum Gasteiger partial charge on any atom is 0.303 e. The van der Waals surface area contributed by atoms with Gasteiger partial charge < -0.3 is 24.8 Å². The third-order valence-electron chi connectivity index (χ3n) is 3.03. The first-order valence-corrected chi connectivity index (χ1v) is 6.86. The van der Waals surface area contributed by atoms with Gasteiger partial charge in [0.25, 0.3) is 5.91 Å². The van der Waals surface area contributed by atoms with Crippen LogP contribution in [-0.4, -0.2) is 51.8 Å². The Morgan fingerprint density at radius 3 is 2.45 bits per heavy atom. The molecule has 1 aromatic rings. The third kappa shape index (κ3) is 4.54. The summed E-state index contributed by atoms with van der Waals surface area (Å²) < 4.78 is 10.8. The van der Waals surface area contributed by atoms with Crippen LogP contribution in [0.1, 0.15) is 23.2 Å². The second kappa shape index (κ2) is 8.11. The number of amides is 1. The van der Waals surface area contributed by atoms with Crippen molar-refractivity contribution in [2.45, 2.75) is 12.8 Å². The number of carbonyl (C=O) groups is 2. The number of carboxylic acid groups (broad SMARTS) is 1. The fourth-order valence-electron chi connectivity index (χ4n) is 1.91. The SMILES string of the molecule is CNC(=O)c1cc(OC)c(OCCCC(=O)O)cc1N(C)C. The largest absolute Gasteiger partial charge is 0.493 e. The standard InChI is InChI=1S/C15H22N2O5/c1-16-15(20)10-8-12(21-4)13(9-11(10)17(2)3)22-7-5-6-14(18)19/h8-9H,5-7H2,1-4H3,(H,16,20)(H,18,19). The summed E-state index contributed by atoms with van der Waals surface area (Å²) in [6.45, 7) is 0.259. The summed E-state index contributed by atoms with van der Waals surface area (Å²) in [5.74, 6) is -0.178.